The summed E-state index contributed by atoms with van der Waals surface area (Å²) in [5, 5.41) is 50.0. The molecule has 1 unspecified atom stereocenters. The minimum atomic E-state index is -4.24. The van der Waals surface area contributed by atoms with Gasteiger partial charge in [0.15, 0.2) is 0 Å². The van der Waals surface area contributed by atoms with Crippen LogP contribution in [0.25, 0.3) is 0 Å². The Morgan fingerprint density at radius 2 is 0.731 bits per heavy atom. The molecule has 4 saturated heterocycles. The standard InChI is InChI=1S/C10H15F3N2.C10H14FN.C10H22N2O.C10H22N2.2C10H21N.C9H20N2.C9H14N2.C9H17NO.C8H18N2.C8H17N.C7H15N/c1-8(2)14-4-6-15-5-3-9(7-15)10(11,12)13;1-8(2)12-7-9-3-5-10(11)6-4-9;1-9(2)11-5-8-12-6-3-10(13)4-7-12;1-9(2)11-8-10-4-6-12(3)7-5-10;1-9(2)11-8-7-10-5-3-4-6-10;1-9(2)11-8-10-6-4-3-5-7-10;1-9(2)10-5-8-11-6-3-4-7-11;1-8(2)11-7-9-4-3-5-10-6-9;1-7(2)10-6-8-3-4-9(11)5-8;1-8(2)9-4-7-10-5-3-6-10;1-7(2)9-6-8-4-3-5-8;1-6(2)8-5-7-3-4-7/h3,5,7-8,14H,4,6H2,1-2H3;3-6,8,12H,7H2,1-2H3;9-11,13H,3-8H2,1-2H3;9-11H,4-8H2,1-3H3;2*9-11H,3-8H2,1-2H3;9-10H,3-8H2,1-2H3;3-6,8,11H,7H2,1-2H3;7-8,10H,3-6H2,1-2H3;8-9H,3-7H2,1-2H3;7-9H,3-6H2,1-2H3;6-8H,3-5H2,1-2H3. The number of aliphatic hydroxyl groups is 1. The van der Waals surface area contributed by atoms with Crippen molar-refractivity contribution in [1.82, 2.24) is 93.0 Å². The fourth-order valence-electron chi connectivity index (χ4n) is 15.9. The van der Waals surface area contributed by atoms with Crippen molar-refractivity contribution < 1.29 is 27.5 Å². The number of benzene rings is 1. The highest BCUT2D eigenvalue weighted by Gasteiger charge is 2.31. The Labute approximate surface area is 822 Å². The maximum atomic E-state index is 12.5. The first kappa shape index (κ1) is 128. The summed E-state index contributed by atoms with van der Waals surface area (Å²) >= 11 is 0. The van der Waals surface area contributed by atoms with Crippen molar-refractivity contribution in [3.05, 3.63) is 89.8 Å². The van der Waals surface area contributed by atoms with Crippen LogP contribution in [-0.4, -0.2) is 263 Å². The average molecular weight is 1900 g/mol. The van der Waals surface area contributed by atoms with Crippen molar-refractivity contribution in [3.63, 3.8) is 0 Å². The lowest BCUT2D eigenvalue weighted by molar-refractivity contribution is -0.137. The second-order valence-electron chi connectivity index (χ2n) is 43.4. The third-order valence-electron chi connectivity index (χ3n) is 25.2. The molecule has 134 heavy (non-hydrogen) atoms. The zero-order chi connectivity index (χ0) is 99.9. The van der Waals surface area contributed by atoms with Gasteiger partial charge in [-0.15, -0.1) is 0 Å². The first-order chi connectivity index (χ1) is 63.6. The number of nitrogens with one attached hydrogen (secondary N) is 12. The van der Waals surface area contributed by atoms with Crippen molar-refractivity contribution in [2.45, 2.75) is 431 Å². The lowest BCUT2D eigenvalue weighted by Gasteiger charge is -2.30. The average Bonchev–Trinajstić information content (AvgIpc) is 1.72. The van der Waals surface area contributed by atoms with Crippen LogP contribution >= 0.6 is 0 Å². The number of aromatic nitrogens is 2. The normalized spacial score (nSPS) is 18.3. The van der Waals surface area contributed by atoms with Crippen LogP contribution in [0.5, 0.6) is 0 Å². The zero-order valence-corrected chi connectivity index (χ0v) is 91.0. The van der Waals surface area contributed by atoms with Crippen LogP contribution in [0.4, 0.5) is 17.6 Å². The summed E-state index contributed by atoms with van der Waals surface area (Å²) in [7, 11) is 2.21. The van der Waals surface area contributed by atoms with Crippen molar-refractivity contribution in [2.24, 2.45) is 35.5 Å². The van der Waals surface area contributed by atoms with Gasteiger partial charge in [0.1, 0.15) is 11.6 Å². The molecule has 0 amide bonds. The Morgan fingerprint density at radius 1 is 0.366 bits per heavy atom. The van der Waals surface area contributed by atoms with Crippen LogP contribution in [0.15, 0.2) is 67.3 Å². The Hall–Kier alpha value is -3.64. The van der Waals surface area contributed by atoms with Gasteiger partial charge in [-0.05, 0) is 253 Å². The molecule has 5 saturated carbocycles. The van der Waals surface area contributed by atoms with Crippen LogP contribution in [0.1, 0.15) is 343 Å². The highest BCUT2D eigenvalue weighted by molar-refractivity contribution is 5.80. The van der Waals surface area contributed by atoms with Crippen molar-refractivity contribution in [1.29, 1.82) is 0 Å². The number of piperidine rings is 2. The molecule has 0 bridgehead atoms. The molecule has 1 atom stereocenters. The lowest BCUT2D eigenvalue weighted by atomic mass is 9.85. The van der Waals surface area contributed by atoms with Gasteiger partial charge in [0.25, 0.3) is 0 Å². The van der Waals surface area contributed by atoms with Crippen LogP contribution in [-0.2, 0) is 30.6 Å². The summed E-state index contributed by atoms with van der Waals surface area (Å²) in [5.41, 5.74) is 1.76. The highest BCUT2D eigenvalue weighted by atomic mass is 19.4. The fourth-order valence-corrected chi connectivity index (χ4v) is 15.9. The maximum absolute atomic E-state index is 12.5. The van der Waals surface area contributed by atoms with Crippen LogP contribution in [0.2, 0.25) is 0 Å². The summed E-state index contributed by atoms with van der Waals surface area (Å²) in [6.45, 7) is 79.0. The third kappa shape index (κ3) is 81.0. The van der Waals surface area contributed by atoms with Gasteiger partial charge in [-0.2, -0.15) is 13.2 Å². The molecule has 2 aromatic heterocycles. The zero-order valence-electron chi connectivity index (χ0n) is 91.0. The number of nitrogens with zero attached hydrogens (tertiary/aromatic N) is 6. The summed E-state index contributed by atoms with van der Waals surface area (Å²) in [6.07, 6.45) is 35.5. The number of alkyl halides is 3. The predicted molar refractivity (Wildman–Crippen MR) is 570 cm³/mol. The Bertz CT molecular complexity index is 3020. The fraction of sp³-hybridized carbons (Fsp3) is 0.855. The SMILES string of the molecule is CC(C)NCC1CC1.CC(C)NCC1CCC(=O)C1.CC(C)NCC1CCC1.CC(C)NCC1CCCCC1.CC(C)NCC1CCN(C)CC1.CC(C)NCCC1CCCC1.CC(C)NCCN1CCC(O)CC1.CC(C)NCCN1CCC1.CC(C)NCCN1CCCC1.CC(C)NCCn1ccc(C(F)(F)F)c1.CC(C)NCc1ccc(F)cc1.CC(C)NCc1cccnc1. The van der Waals surface area contributed by atoms with E-state index in [2.05, 4.69) is 254 Å². The van der Waals surface area contributed by atoms with E-state index in [9.17, 15) is 27.5 Å². The number of pyridine rings is 1. The van der Waals surface area contributed by atoms with E-state index in [0.29, 0.717) is 97.3 Å². The van der Waals surface area contributed by atoms with Crippen LogP contribution < -0.4 is 63.8 Å². The second kappa shape index (κ2) is 80.9. The minimum Gasteiger partial charge on any atom is -0.393 e. The quantitative estimate of drug-likeness (QED) is 0.0238. The predicted octanol–water partition coefficient (Wildman–Crippen LogP) is 19.6. The molecule has 786 valence electrons. The number of likely N-dealkylation sites (tertiary alicyclic amines) is 4. The monoisotopic (exact) mass is 1900 g/mol. The topological polar surface area (TPSA) is 212 Å². The number of ketones is 1. The number of carbonyl (C=O) groups is 1. The van der Waals surface area contributed by atoms with E-state index in [1.807, 2.05) is 26.1 Å². The molecule has 1 aromatic carbocycles. The summed E-state index contributed by atoms with van der Waals surface area (Å²) < 4.78 is 50.7. The molecule has 9 fully saturated rings. The van der Waals surface area contributed by atoms with E-state index in [4.69, 9.17) is 0 Å². The smallest absolute Gasteiger partial charge is 0.393 e. The number of rotatable bonds is 41. The minimum absolute atomic E-state index is 0.0469. The molecule has 0 spiro atoms. The van der Waals surface area contributed by atoms with E-state index in [-0.39, 0.29) is 11.9 Å². The van der Waals surface area contributed by atoms with Gasteiger partial charge < -0.3 is 93.1 Å². The molecule has 0 radical (unpaired) electrons. The van der Waals surface area contributed by atoms with E-state index in [1.54, 1.807) is 18.3 Å². The Morgan fingerprint density at radius 3 is 1.09 bits per heavy atom. The van der Waals surface area contributed by atoms with Gasteiger partial charge >= 0.3 is 6.18 Å². The molecule has 20 nitrogen and oxygen atoms in total. The number of halogens is 4. The second-order valence-corrected chi connectivity index (χ2v) is 43.4. The van der Waals surface area contributed by atoms with E-state index in [0.717, 1.165) is 138 Å². The third-order valence-corrected chi connectivity index (χ3v) is 25.2. The number of aliphatic hydroxyl groups excluding tert-OH is 1. The molecule has 24 heteroatoms. The van der Waals surface area contributed by atoms with Gasteiger partial charge in [-0.3, -0.25) is 9.78 Å². The molecule has 12 rings (SSSR count). The van der Waals surface area contributed by atoms with Crippen molar-refractivity contribution in [3.8, 4) is 0 Å². The van der Waals surface area contributed by atoms with Crippen molar-refractivity contribution in [2.75, 3.05) is 144 Å². The molecule has 5 aliphatic carbocycles. The van der Waals surface area contributed by atoms with Gasteiger partial charge in [-0.25, -0.2) is 4.39 Å². The maximum Gasteiger partial charge on any atom is 0.417 e. The summed E-state index contributed by atoms with van der Waals surface area (Å²) in [5.74, 6) is 5.86. The van der Waals surface area contributed by atoms with Crippen LogP contribution in [0.3, 0.4) is 0 Å². The van der Waals surface area contributed by atoms with Gasteiger partial charge in [0.05, 0.1) is 11.7 Å². The summed E-state index contributed by atoms with van der Waals surface area (Å²) in [6, 6.07) is 18.8. The number of carbonyl (C=O) groups excluding carboxylic acids is 1. The highest BCUT2D eigenvalue weighted by Crippen LogP contribution is 2.31. The van der Waals surface area contributed by atoms with Gasteiger partial charge in [-0.1, -0.05) is 236 Å². The number of hydrogen-bond donors (Lipinski definition) is 13. The number of hydrogen-bond acceptors (Lipinski definition) is 19. The molecule has 9 aliphatic rings. The summed E-state index contributed by atoms with van der Waals surface area (Å²) in [4.78, 5) is 24.8. The Balaban J connectivity index is 0.000000733. The lowest BCUT2D eigenvalue weighted by Crippen LogP contribution is -2.42. The first-order valence-corrected chi connectivity index (χ1v) is 54.4. The van der Waals surface area contributed by atoms with Crippen molar-refractivity contribution >= 4 is 5.78 Å². The molecule has 4 aliphatic heterocycles. The molecular formula is C110H216F4N18O2. The number of Topliss-reactive ketones (excluding diaryl/α,β-unsaturated/α-hetero) is 1. The van der Waals surface area contributed by atoms with E-state index >= 15 is 0 Å². The molecule has 13 N–H and O–H groups in total. The van der Waals surface area contributed by atoms with Gasteiger partial charge in [0.2, 0.25) is 0 Å². The van der Waals surface area contributed by atoms with E-state index in [1.165, 1.54) is 242 Å². The first-order valence-electron chi connectivity index (χ1n) is 54.4. The Kier molecular flexibility index (Phi) is 77.5. The largest absolute Gasteiger partial charge is 0.417 e. The molecule has 6 heterocycles. The molecular weight excluding hydrogens is 1680 g/mol. The van der Waals surface area contributed by atoms with Gasteiger partial charge in [0, 0.05) is 189 Å². The van der Waals surface area contributed by atoms with Crippen LogP contribution in [0, 0.1) is 41.3 Å². The molecule has 3 aromatic rings. The van der Waals surface area contributed by atoms with E-state index < -0.39 is 11.7 Å².